The lowest BCUT2D eigenvalue weighted by atomic mass is 10.3. The zero-order valence-corrected chi connectivity index (χ0v) is 18.0. The molecule has 3 aromatic rings. The van der Waals surface area contributed by atoms with Gasteiger partial charge in [-0.3, -0.25) is 19.3 Å². The van der Waals surface area contributed by atoms with Crippen LogP contribution in [0, 0.1) is 0 Å². The van der Waals surface area contributed by atoms with Crippen LogP contribution in [0.5, 0.6) is 0 Å². The third-order valence-corrected chi connectivity index (χ3v) is 6.78. The third-order valence-electron chi connectivity index (χ3n) is 5.07. The van der Waals surface area contributed by atoms with Gasteiger partial charge >= 0.3 is 0 Å². The molecule has 0 aliphatic carbocycles. The van der Waals surface area contributed by atoms with E-state index >= 15 is 0 Å². The second kappa shape index (κ2) is 8.27. The molecule has 8 nitrogen and oxygen atoms in total. The van der Waals surface area contributed by atoms with E-state index in [9.17, 15) is 14.4 Å². The first kappa shape index (κ1) is 20.0. The summed E-state index contributed by atoms with van der Waals surface area (Å²) < 4.78 is 5.78. The minimum absolute atomic E-state index is 0.191. The standard InChI is InChI=1S/C21H18N4O4S2/c26-17(24-9-3-4-10-24)12-25-19(27)16(30-21(25)28)11-13-7-8-18(29-13)31-20-22-14-5-1-2-6-15(14)23-20/h1-2,5-8,11H,3-4,9-10,12H2,(H,22,23)/b16-11+. The largest absolute Gasteiger partial charge is 0.450 e. The highest BCUT2D eigenvalue weighted by atomic mass is 32.2. The first-order valence-electron chi connectivity index (χ1n) is 9.82. The lowest BCUT2D eigenvalue weighted by Gasteiger charge is -2.18. The molecule has 158 valence electrons. The Labute approximate surface area is 186 Å². The number of H-pyrrole nitrogens is 1. The first-order valence-corrected chi connectivity index (χ1v) is 11.5. The number of carbonyl (C=O) groups excluding carboxylic acids is 3. The summed E-state index contributed by atoms with van der Waals surface area (Å²) in [5, 5.41) is 0.865. The summed E-state index contributed by atoms with van der Waals surface area (Å²) >= 11 is 2.15. The SMILES string of the molecule is O=C(CN1C(=O)S/C(=C/c2ccc(Sc3nc4ccccc4[nH]3)o2)C1=O)N1CCCC1. The maximum Gasteiger partial charge on any atom is 0.294 e. The predicted octanol–water partition coefficient (Wildman–Crippen LogP) is 3.97. The summed E-state index contributed by atoms with van der Waals surface area (Å²) in [6, 6.07) is 11.2. The summed E-state index contributed by atoms with van der Waals surface area (Å²) in [6.07, 6.45) is 3.45. The topological polar surface area (TPSA) is 99.5 Å². The molecule has 0 saturated carbocycles. The highest BCUT2D eigenvalue weighted by Gasteiger charge is 2.37. The van der Waals surface area contributed by atoms with E-state index in [1.54, 1.807) is 17.0 Å². The molecule has 2 fully saturated rings. The van der Waals surface area contributed by atoms with Crippen LogP contribution in [-0.4, -0.2) is 56.5 Å². The molecule has 5 rings (SSSR count). The van der Waals surface area contributed by atoms with Crippen molar-refractivity contribution >= 4 is 57.7 Å². The molecule has 0 radical (unpaired) electrons. The number of nitrogens with one attached hydrogen (secondary N) is 1. The molecule has 0 bridgehead atoms. The monoisotopic (exact) mass is 454 g/mol. The number of imide groups is 1. The van der Waals surface area contributed by atoms with Crippen LogP contribution in [-0.2, 0) is 9.59 Å². The van der Waals surface area contributed by atoms with Crippen molar-refractivity contribution in [1.29, 1.82) is 0 Å². The van der Waals surface area contributed by atoms with Crippen molar-refractivity contribution in [2.45, 2.75) is 23.1 Å². The molecule has 2 aliphatic heterocycles. The van der Waals surface area contributed by atoms with Gasteiger partial charge in [0.1, 0.15) is 12.3 Å². The van der Waals surface area contributed by atoms with Crippen LogP contribution in [0.1, 0.15) is 18.6 Å². The molecule has 2 aromatic heterocycles. The van der Waals surface area contributed by atoms with Gasteiger partial charge in [-0.2, -0.15) is 0 Å². The van der Waals surface area contributed by atoms with Crippen molar-refractivity contribution in [2.24, 2.45) is 0 Å². The Morgan fingerprint density at radius 3 is 2.81 bits per heavy atom. The van der Waals surface area contributed by atoms with Crippen LogP contribution in [0.4, 0.5) is 4.79 Å². The zero-order valence-electron chi connectivity index (χ0n) is 16.4. The number of rotatable bonds is 5. The van der Waals surface area contributed by atoms with Crippen molar-refractivity contribution in [3.05, 3.63) is 47.1 Å². The Bertz CT molecular complexity index is 1180. The zero-order chi connectivity index (χ0) is 21.4. The van der Waals surface area contributed by atoms with E-state index in [4.69, 9.17) is 4.42 Å². The van der Waals surface area contributed by atoms with Gasteiger partial charge < -0.3 is 14.3 Å². The fraction of sp³-hybridized carbons (Fsp3) is 0.238. The Kier molecular flexibility index (Phi) is 5.33. The molecule has 2 saturated heterocycles. The second-order valence-corrected chi connectivity index (χ2v) is 9.16. The maximum atomic E-state index is 12.7. The summed E-state index contributed by atoms with van der Waals surface area (Å²) in [5.74, 6) is -0.205. The number of carbonyl (C=O) groups is 3. The molecule has 4 heterocycles. The number of hydrogen-bond acceptors (Lipinski definition) is 7. The predicted molar refractivity (Wildman–Crippen MR) is 117 cm³/mol. The molecule has 10 heteroatoms. The van der Waals surface area contributed by atoms with Crippen LogP contribution in [0.2, 0.25) is 0 Å². The number of nitrogens with zero attached hydrogens (tertiary/aromatic N) is 3. The molecule has 1 aromatic carbocycles. The number of amides is 3. The maximum absolute atomic E-state index is 12.7. The summed E-state index contributed by atoms with van der Waals surface area (Å²) in [6.45, 7) is 1.15. The van der Waals surface area contributed by atoms with Gasteiger partial charge in [-0.15, -0.1) is 0 Å². The number of fused-ring (bicyclic) bond motifs is 1. The second-order valence-electron chi connectivity index (χ2n) is 7.17. The van der Waals surface area contributed by atoms with Gasteiger partial charge in [0.25, 0.3) is 11.1 Å². The third kappa shape index (κ3) is 4.13. The first-order chi connectivity index (χ1) is 15.1. The van der Waals surface area contributed by atoms with Crippen molar-refractivity contribution in [3.63, 3.8) is 0 Å². The Morgan fingerprint density at radius 2 is 2.00 bits per heavy atom. The van der Waals surface area contributed by atoms with Crippen molar-refractivity contribution < 1.29 is 18.8 Å². The van der Waals surface area contributed by atoms with E-state index in [1.165, 1.54) is 17.8 Å². The molecular formula is C21H18N4O4S2. The summed E-state index contributed by atoms with van der Waals surface area (Å²) in [4.78, 5) is 47.9. The van der Waals surface area contributed by atoms with E-state index in [2.05, 4.69) is 9.97 Å². The lowest BCUT2D eigenvalue weighted by Crippen LogP contribution is -2.40. The summed E-state index contributed by atoms with van der Waals surface area (Å²) in [5.41, 5.74) is 1.81. The molecule has 3 amide bonds. The Hall–Kier alpha value is -2.98. The lowest BCUT2D eigenvalue weighted by molar-refractivity contribution is -0.135. The van der Waals surface area contributed by atoms with Crippen molar-refractivity contribution in [3.8, 4) is 0 Å². The average molecular weight is 455 g/mol. The number of para-hydroxylation sites is 2. The van der Waals surface area contributed by atoms with Crippen LogP contribution in [0.3, 0.4) is 0 Å². The fourth-order valence-corrected chi connectivity index (χ4v) is 5.09. The highest BCUT2D eigenvalue weighted by molar-refractivity contribution is 8.18. The van der Waals surface area contributed by atoms with Crippen LogP contribution < -0.4 is 0 Å². The van der Waals surface area contributed by atoms with E-state index in [0.717, 1.165) is 40.5 Å². The average Bonchev–Trinajstić information content (AvgIpc) is 3.54. The van der Waals surface area contributed by atoms with E-state index < -0.39 is 11.1 Å². The fourth-order valence-electron chi connectivity index (χ4n) is 3.51. The number of aromatic amines is 1. The Morgan fingerprint density at radius 1 is 1.19 bits per heavy atom. The quantitative estimate of drug-likeness (QED) is 0.583. The molecular weight excluding hydrogens is 436 g/mol. The minimum Gasteiger partial charge on any atom is -0.450 e. The highest BCUT2D eigenvalue weighted by Crippen LogP contribution is 2.34. The number of thioether (sulfide) groups is 1. The van der Waals surface area contributed by atoms with Crippen molar-refractivity contribution in [1.82, 2.24) is 19.8 Å². The van der Waals surface area contributed by atoms with Crippen LogP contribution in [0.25, 0.3) is 17.1 Å². The van der Waals surface area contributed by atoms with Gasteiger partial charge in [0.2, 0.25) is 5.91 Å². The molecule has 0 spiro atoms. The molecule has 0 atom stereocenters. The number of benzene rings is 1. The van der Waals surface area contributed by atoms with Gasteiger partial charge in [-0.25, -0.2) is 4.98 Å². The molecule has 31 heavy (non-hydrogen) atoms. The normalized spacial score (nSPS) is 18.1. The van der Waals surface area contributed by atoms with E-state index in [-0.39, 0.29) is 17.4 Å². The van der Waals surface area contributed by atoms with Gasteiger partial charge in [0, 0.05) is 19.2 Å². The van der Waals surface area contributed by atoms with Gasteiger partial charge in [-0.05, 0) is 60.6 Å². The van der Waals surface area contributed by atoms with Crippen LogP contribution >= 0.6 is 23.5 Å². The number of furan rings is 1. The van der Waals surface area contributed by atoms with Crippen LogP contribution in [0.15, 0.2) is 56.0 Å². The molecule has 2 aliphatic rings. The number of imidazole rings is 1. The number of hydrogen-bond donors (Lipinski definition) is 1. The van der Waals surface area contributed by atoms with Crippen molar-refractivity contribution in [2.75, 3.05) is 19.6 Å². The van der Waals surface area contributed by atoms with E-state index in [0.29, 0.717) is 29.1 Å². The van der Waals surface area contributed by atoms with E-state index in [1.807, 2.05) is 24.3 Å². The van der Waals surface area contributed by atoms with Gasteiger partial charge in [0.15, 0.2) is 10.2 Å². The summed E-state index contributed by atoms with van der Waals surface area (Å²) in [7, 11) is 0. The number of aromatic nitrogens is 2. The molecule has 0 unspecified atom stereocenters. The molecule has 1 N–H and O–H groups in total. The van der Waals surface area contributed by atoms with Gasteiger partial charge in [0.05, 0.1) is 15.9 Å². The minimum atomic E-state index is -0.467. The Balaban J connectivity index is 1.27. The van der Waals surface area contributed by atoms with Gasteiger partial charge in [-0.1, -0.05) is 12.1 Å². The number of likely N-dealkylation sites (tertiary alicyclic amines) is 1. The smallest absolute Gasteiger partial charge is 0.294 e.